The number of nitrogens with zero attached hydrogens (tertiary/aromatic N) is 3. The lowest BCUT2D eigenvalue weighted by Gasteiger charge is -2.23. The van der Waals surface area contributed by atoms with Gasteiger partial charge < -0.3 is 16.8 Å². The molecule has 3 atom stereocenters. The Morgan fingerprint density at radius 1 is 1.07 bits per heavy atom. The molecule has 1 fully saturated rings. The summed E-state index contributed by atoms with van der Waals surface area (Å²) in [6, 6.07) is 5.86. The van der Waals surface area contributed by atoms with Gasteiger partial charge in [-0.15, -0.1) is 0 Å². The summed E-state index contributed by atoms with van der Waals surface area (Å²) in [6.45, 7) is -1.06. The van der Waals surface area contributed by atoms with Gasteiger partial charge in [-0.2, -0.15) is 27.1 Å². The van der Waals surface area contributed by atoms with E-state index in [-0.39, 0.29) is 40.9 Å². The van der Waals surface area contributed by atoms with Crippen molar-refractivity contribution in [3.05, 3.63) is 99.9 Å². The van der Waals surface area contributed by atoms with E-state index in [9.17, 15) is 35.9 Å². The predicted molar refractivity (Wildman–Crippen MR) is 145 cm³/mol. The number of rotatable bonds is 8. The maximum absolute atomic E-state index is 15.1. The number of carbonyl (C=O) groups excluding carboxylic acids is 2. The number of alkyl halides is 5. The molecule has 0 bridgehead atoms. The number of hydrogen-bond acceptors (Lipinski definition) is 5. The molecule has 0 unspecified atom stereocenters. The molecule has 0 radical (unpaired) electrons. The van der Waals surface area contributed by atoms with Gasteiger partial charge in [0.15, 0.2) is 5.69 Å². The second-order valence-corrected chi connectivity index (χ2v) is 11.2. The van der Waals surface area contributed by atoms with Crippen molar-refractivity contribution in [1.82, 2.24) is 20.1 Å². The summed E-state index contributed by atoms with van der Waals surface area (Å²) in [5.41, 5.74) is 7.93. The molecular formula is C30H22F8N6O2. The van der Waals surface area contributed by atoms with Gasteiger partial charge in [-0.1, -0.05) is 6.07 Å². The summed E-state index contributed by atoms with van der Waals surface area (Å²) in [5.74, 6) is -11.0. The average Bonchev–Trinajstić information content (AvgIpc) is 3.60. The largest absolute Gasteiger partial charge is 0.435 e. The second-order valence-electron chi connectivity index (χ2n) is 11.2. The topological polar surface area (TPSA) is 129 Å². The van der Waals surface area contributed by atoms with E-state index in [0.29, 0.717) is 10.7 Å². The van der Waals surface area contributed by atoms with Crippen LogP contribution in [0.3, 0.4) is 0 Å². The maximum atomic E-state index is 15.1. The zero-order valence-electron chi connectivity index (χ0n) is 23.3. The number of pyridine rings is 1. The number of benzene rings is 2. The third-order valence-electron chi connectivity index (χ3n) is 8.00. The summed E-state index contributed by atoms with van der Waals surface area (Å²) < 4.78 is 114. The number of amides is 2. The third kappa shape index (κ3) is 5.51. The van der Waals surface area contributed by atoms with Crippen LogP contribution in [0.4, 0.5) is 40.8 Å². The number of carbonyl (C=O) groups is 2. The van der Waals surface area contributed by atoms with E-state index in [0.717, 1.165) is 24.3 Å². The minimum Gasteiger partial charge on any atom is -0.397 e. The smallest absolute Gasteiger partial charge is 0.397 e. The Bertz CT molecular complexity index is 1890. The molecule has 2 aliphatic carbocycles. The number of primary amides is 1. The number of anilines is 1. The van der Waals surface area contributed by atoms with Gasteiger partial charge in [-0.05, 0) is 60.2 Å². The molecule has 16 heteroatoms. The Morgan fingerprint density at radius 2 is 1.76 bits per heavy atom. The number of nitrogens with one attached hydrogen (secondary N) is 1. The lowest BCUT2D eigenvalue weighted by atomic mass is 9.94. The van der Waals surface area contributed by atoms with Crippen LogP contribution in [0.5, 0.6) is 0 Å². The molecule has 240 valence electrons. The van der Waals surface area contributed by atoms with E-state index >= 15 is 8.78 Å². The highest BCUT2D eigenvalue weighted by Crippen LogP contribution is 2.68. The molecule has 6 rings (SSSR count). The van der Waals surface area contributed by atoms with Crippen molar-refractivity contribution in [2.75, 3.05) is 5.73 Å². The summed E-state index contributed by atoms with van der Waals surface area (Å²) >= 11 is 0. The van der Waals surface area contributed by atoms with Crippen LogP contribution in [0.15, 0.2) is 48.7 Å². The van der Waals surface area contributed by atoms with Crippen molar-refractivity contribution in [2.45, 2.75) is 43.4 Å². The van der Waals surface area contributed by atoms with Gasteiger partial charge in [-0.3, -0.25) is 19.3 Å². The summed E-state index contributed by atoms with van der Waals surface area (Å²) in [7, 11) is 0. The standard InChI is InChI=1S/C30H22F8N6O2/c31-14-3-12(4-15(32)7-14)5-22(25-17(8-16(39)10-41-25)13-1-2-21(33)19(6-13)28(40)46)42-23(45)11-44-27-24(26(43-44)30(36,37)38)18-9-20(18)29(27,34)35/h1-4,6-8,10,18,20,22H,5,9,11,39H2,(H2,40,46)(H,42,45)/t18-,20+,22-/m0/s1. The molecule has 2 aliphatic rings. The normalized spacial score (nSPS) is 18.5. The predicted octanol–water partition coefficient (Wildman–Crippen LogP) is 5.37. The lowest BCUT2D eigenvalue weighted by Crippen LogP contribution is -2.35. The maximum Gasteiger partial charge on any atom is 0.435 e. The Balaban J connectivity index is 1.40. The second kappa shape index (κ2) is 10.8. The van der Waals surface area contributed by atoms with Gasteiger partial charge in [0.05, 0.1) is 29.2 Å². The fraction of sp³-hybridized carbons (Fsp3) is 0.267. The van der Waals surface area contributed by atoms with Gasteiger partial charge in [0.25, 0.3) is 11.8 Å². The Kier molecular flexibility index (Phi) is 7.28. The van der Waals surface area contributed by atoms with Gasteiger partial charge >= 0.3 is 6.18 Å². The minimum absolute atomic E-state index is 0.00951. The highest BCUT2D eigenvalue weighted by atomic mass is 19.4. The van der Waals surface area contributed by atoms with Gasteiger partial charge in [-0.25, -0.2) is 13.2 Å². The first-order valence-electron chi connectivity index (χ1n) is 13.7. The van der Waals surface area contributed by atoms with Crippen LogP contribution < -0.4 is 16.8 Å². The fourth-order valence-electron chi connectivity index (χ4n) is 6.03. The average molecular weight is 651 g/mol. The van der Waals surface area contributed by atoms with Crippen molar-refractivity contribution in [2.24, 2.45) is 11.7 Å². The molecular weight excluding hydrogens is 628 g/mol. The zero-order chi connectivity index (χ0) is 33.3. The van der Waals surface area contributed by atoms with Crippen molar-refractivity contribution < 1.29 is 44.7 Å². The van der Waals surface area contributed by atoms with Crippen LogP contribution in [0.25, 0.3) is 11.1 Å². The molecule has 2 aromatic carbocycles. The molecule has 8 nitrogen and oxygen atoms in total. The van der Waals surface area contributed by atoms with Crippen molar-refractivity contribution in [3.63, 3.8) is 0 Å². The van der Waals surface area contributed by atoms with Crippen molar-refractivity contribution in [3.8, 4) is 11.1 Å². The number of halogens is 8. The molecule has 2 heterocycles. The van der Waals surface area contributed by atoms with E-state index in [4.69, 9.17) is 11.5 Å². The highest BCUT2D eigenvalue weighted by molar-refractivity contribution is 5.94. The molecule has 5 N–H and O–H groups in total. The first-order valence-corrected chi connectivity index (χ1v) is 13.7. The van der Waals surface area contributed by atoms with Crippen LogP contribution in [-0.4, -0.2) is 26.6 Å². The van der Waals surface area contributed by atoms with Crippen molar-refractivity contribution in [1.29, 1.82) is 0 Å². The van der Waals surface area contributed by atoms with Crippen LogP contribution in [0, 0.1) is 23.4 Å². The first-order chi connectivity index (χ1) is 21.5. The molecule has 2 aromatic heterocycles. The zero-order valence-corrected chi connectivity index (χ0v) is 23.3. The van der Waals surface area contributed by atoms with Crippen LogP contribution in [0.1, 0.15) is 56.9 Å². The molecule has 2 amide bonds. The van der Waals surface area contributed by atoms with E-state index in [1.165, 1.54) is 18.3 Å². The van der Waals surface area contributed by atoms with E-state index in [1.807, 2.05) is 0 Å². The molecule has 0 saturated heterocycles. The lowest BCUT2D eigenvalue weighted by molar-refractivity contribution is -0.142. The Morgan fingerprint density at radius 3 is 2.41 bits per heavy atom. The first kappa shape index (κ1) is 31.0. The SMILES string of the molecule is NC(=O)c1cc(-c2cc(N)cnc2[C@H](Cc2cc(F)cc(F)c2)NC(=O)Cn2nc(C(F)(F)F)c3c2C(F)(F)[C@@H]2C[C@H]32)ccc1F. The van der Waals surface area contributed by atoms with Gasteiger partial charge in [0.1, 0.15) is 29.7 Å². The van der Waals surface area contributed by atoms with E-state index < -0.39 is 88.3 Å². The highest BCUT2D eigenvalue weighted by Gasteiger charge is 2.68. The Labute approximate surface area is 254 Å². The van der Waals surface area contributed by atoms with Crippen molar-refractivity contribution >= 4 is 17.5 Å². The van der Waals surface area contributed by atoms with Gasteiger partial charge in [0.2, 0.25) is 5.91 Å². The number of fused-ring (bicyclic) bond motifs is 3. The molecule has 1 saturated carbocycles. The minimum atomic E-state index is -5.05. The number of hydrogen-bond donors (Lipinski definition) is 3. The fourth-order valence-corrected chi connectivity index (χ4v) is 6.03. The molecule has 4 aromatic rings. The third-order valence-corrected chi connectivity index (χ3v) is 8.00. The summed E-state index contributed by atoms with van der Waals surface area (Å²) in [4.78, 5) is 29.4. The molecule has 0 aliphatic heterocycles. The number of nitrogens with two attached hydrogens (primary N) is 2. The molecule has 46 heavy (non-hydrogen) atoms. The molecule has 0 spiro atoms. The monoisotopic (exact) mass is 650 g/mol. The number of nitrogen functional groups attached to an aromatic ring is 1. The van der Waals surface area contributed by atoms with Crippen LogP contribution in [-0.2, 0) is 29.9 Å². The summed E-state index contributed by atoms with van der Waals surface area (Å²) in [5, 5.41) is 5.85. The van der Waals surface area contributed by atoms with Crippen LogP contribution >= 0.6 is 0 Å². The quantitative estimate of drug-likeness (QED) is 0.221. The summed E-state index contributed by atoms with van der Waals surface area (Å²) in [6.07, 6.45) is -4.38. The number of aromatic nitrogens is 3. The van der Waals surface area contributed by atoms with E-state index in [2.05, 4.69) is 15.4 Å². The van der Waals surface area contributed by atoms with Crippen LogP contribution in [0.2, 0.25) is 0 Å². The Hall–Kier alpha value is -5.02. The van der Waals surface area contributed by atoms with Gasteiger partial charge in [0, 0.05) is 23.1 Å². The van der Waals surface area contributed by atoms with E-state index in [1.54, 1.807) is 0 Å².